The van der Waals surface area contributed by atoms with Gasteiger partial charge in [0, 0.05) is 11.2 Å². The fourth-order valence-electron chi connectivity index (χ4n) is 1.97. The Labute approximate surface area is 139 Å². The molecule has 2 aromatic rings. The van der Waals surface area contributed by atoms with E-state index in [-0.39, 0.29) is 17.9 Å². The highest BCUT2D eigenvalue weighted by Crippen LogP contribution is 2.04. The van der Waals surface area contributed by atoms with E-state index >= 15 is 0 Å². The van der Waals surface area contributed by atoms with Gasteiger partial charge in [0.15, 0.2) is 5.70 Å². The van der Waals surface area contributed by atoms with Crippen LogP contribution >= 0.6 is 0 Å². The number of rotatable bonds is 6. The van der Waals surface area contributed by atoms with E-state index in [0.29, 0.717) is 6.54 Å². The molecule has 0 aliphatic heterocycles. The molecule has 0 fully saturated rings. The number of hydrogen-bond donors (Lipinski definition) is 0. The minimum atomic E-state index is -0.634. The number of benzene rings is 1. The van der Waals surface area contributed by atoms with Crippen LogP contribution in [0.4, 0.5) is 0 Å². The van der Waals surface area contributed by atoms with Crippen LogP contribution in [0.1, 0.15) is 12.5 Å². The van der Waals surface area contributed by atoms with Crippen molar-refractivity contribution in [2.45, 2.75) is 13.5 Å². The van der Waals surface area contributed by atoms with E-state index in [1.165, 1.54) is 17.0 Å². The van der Waals surface area contributed by atoms with Crippen LogP contribution in [0.15, 0.2) is 54.6 Å². The van der Waals surface area contributed by atoms with Crippen LogP contribution in [0, 0.1) is 11.3 Å². The summed E-state index contributed by atoms with van der Waals surface area (Å²) in [6.45, 7) is 2.39. The smallest absolute Gasteiger partial charge is 0.370 e. The first kappa shape index (κ1) is 16.9. The molecule has 0 radical (unpaired) electrons. The number of aromatic nitrogens is 3. The zero-order valence-electron chi connectivity index (χ0n) is 13.1. The molecule has 0 saturated heterocycles. The molecule has 0 aliphatic rings. The Hall–Kier alpha value is -3.49. The molecule has 0 saturated carbocycles. The Morgan fingerprint density at radius 1 is 1.46 bits per heavy atom. The van der Waals surface area contributed by atoms with Crippen LogP contribution < -0.4 is 4.57 Å². The van der Waals surface area contributed by atoms with Crippen LogP contribution in [0.2, 0.25) is 0 Å². The molecule has 7 heteroatoms. The third-order valence-electron chi connectivity index (χ3n) is 3.05. The Kier molecular flexibility index (Phi) is 5.78. The second kappa shape index (κ2) is 8.22. The van der Waals surface area contributed by atoms with Crippen molar-refractivity contribution in [1.82, 2.24) is 9.78 Å². The minimum absolute atomic E-state index is 0.0502. The number of carbonyl (C=O) groups excluding carboxylic acids is 1. The second-order valence-corrected chi connectivity index (χ2v) is 4.72. The molecule has 0 aliphatic carbocycles. The molecule has 1 heterocycles. The Morgan fingerprint density at radius 2 is 2.21 bits per heavy atom. The molecule has 0 unspecified atom stereocenters. The van der Waals surface area contributed by atoms with Gasteiger partial charge in [-0.15, -0.1) is 4.68 Å². The minimum Gasteiger partial charge on any atom is -0.762 e. The first-order valence-corrected chi connectivity index (χ1v) is 7.22. The molecule has 0 atom stereocenters. The summed E-state index contributed by atoms with van der Waals surface area (Å²) in [6.07, 6.45) is 4.21. The Balaban J connectivity index is 2.32. The van der Waals surface area contributed by atoms with Gasteiger partial charge in [-0.3, -0.25) is 5.87 Å². The summed E-state index contributed by atoms with van der Waals surface area (Å²) in [5, 5.41) is 22.0. The third kappa shape index (κ3) is 4.26. The average molecular weight is 321 g/mol. The molecule has 0 bridgehead atoms. The molecule has 0 amide bonds. The van der Waals surface area contributed by atoms with Crippen molar-refractivity contribution < 1.29 is 14.1 Å². The third-order valence-corrected chi connectivity index (χ3v) is 3.05. The van der Waals surface area contributed by atoms with Crippen molar-refractivity contribution >= 4 is 17.5 Å². The monoisotopic (exact) mass is 321 g/mol. The SMILES string of the molecule is CCOC(=O)/C(=C/C(=C=[N-])C#N)[n+]1cnn(Cc2ccccc2)c1. The number of nitrogens with zero attached hydrogens (tertiary/aromatic N) is 5. The first-order valence-electron chi connectivity index (χ1n) is 7.22. The van der Waals surface area contributed by atoms with Crippen LogP contribution in [0.25, 0.3) is 11.1 Å². The maximum Gasteiger partial charge on any atom is 0.370 e. The van der Waals surface area contributed by atoms with Gasteiger partial charge < -0.3 is 10.1 Å². The Bertz CT molecular complexity index is 839. The van der Waals surface area contributed by atoms with Crippen molar-refractivity contribution in [3.05, 3.63) is 65.6 Å². The highest BCUT2D eigenvalue weighted by Gasteiger charge is 2.20. The van der Waals surface area contributed by atoms with E-state index in [9.17, 15) is 4.79 Å². The van der Waals surface area contributed by atoms with E-state index in [1.54, 1.807) is 29.9 Å². The predicted molar refractivity (Wildman–Crippen MR) is 86.4 cm³/mol. The summed E-state index contributed by atoms with van der Waals surface area (Å²) >= 11 is 0. The summed E-state index contributed by atoms with van der Waals surface area (Å²) in [6, 6.07) is 11.4. The van der Waals surface area contributed by atoms with Gasteiger partial charge in [-0.2, -0.15) is 9.83 Å². The van der Waals surface area contributed by atoms with Crippen molar-refractivity contribution in [1.29, 1.82) is 5.26 Å². The van der Waals surface area contributed by atoms with E-state index in [2.05, 4.69) is 5.10 Å². The number of carbonyl (C=O) groups is 1. The zero-order valence-corrected chi connectivity index (χ0v) is 13.1. The van der Waals surface area contributed by atoms with E-state index in [0.717, 1.165) is 5.56 Å². The van der Waals surface area contributed by atoms with Crippen molar-refractivity contribution in [2.75, 3.05) is 6.61 Å². The lowest BCUT2D eigenvalue weighted by Gasteiger charge is -2.03. The number of esters is 1. The largest absolute Gasteiger partial charge is 0.762 e. The summed E-state index contributed by atoms with van der Waals surface area (Å²) < 4.78 is 8.04. The van der Waals surface area contributed by atoms with Gasteiger partial charge in [0.1, 0.15) is 12.6 Å². The fraction of sp³-hybridized carbons (Fsp3) is 0.176. The summed E-state index contributed by atoms with van der Waals surface area (Å²) in [7, 11) is 0. The van der Waals surface area contributed by atoms with Crippen molar-refractivity contribution in [3.63, 3.8) is 0 Å². The first-order chi connectivity index (χ1) is 11.7. The quantitative estimate of drug-likeness (QED) is 0.200. The van der Waals surface area contributed by atoms with Crippen LogP contribution in [0.3, 0.4) is 0 Å². The van der Waals surface area contributed by atoms with Crippen molar-refractivity contribution in [2.24, 2.45) is 0 Å². The standard InChI is InChI=1S/C17H15N5O2/c1-2-24-17(23)16(8-15(9-18)10-19)21-12-20-22(13-21)11-14-6-4-3-5-7-14/h3-8,12-13H,2,11H2,1H3/b16-8-. The number of hydrogen-bond acceptors (Lipinski definition) is 4. The molecule has 0 N–H and O–H groups in total. The van der Waals surface area contributed by atoms with E-state index in [1.807, 2.05) is 30.3 Å². The summed E-state index contributed by atoms with van der Waals surface area (Å²) in [5.41, 5.74) is 0.909. The van der Waals surface area contributed by atoms with Crippen LogP contribution in [-0.2, 0) is 16.1 Å². The Morgan fingerprint density at radius 3 is 2.83 bits per heavy atom. The highest BCUT2D eigenvalue weighted by molar-refractivity contribution is 6.07. The normalized spacial score (nSPS) is 10.6. The molecular weight excluding hydrogens is 306 g/mol. The maximum atomic E-state index is 12.1. The molecule has 1 aromatic heterocycles. The lowest BCUT2D eigenvalue weighted by molar-refractivity contribution is -0.579. The summed E-state index contributed by atoms with van der Waals surface area (Å²) in [5.74, 6) is 1.09. The van der Waals surface area contributed by atoms with E-state index in [4.69, 9.17) is 15.4 Å². The zero-order chi connectivity index (χ0) is 17.4. The highest BCUT2D eigenvalue weighted by atomic mass is 16.5. The lowest BCUT2D eigenvalue weighted by atomic mass is 10.2. The predicted octanol–water partition coefficient (Wildman–Crippen LogP) is 1.31. The molecular formula is C17H15N5O2. The van der Waals surface area contributed by atoms with Crippen LogP contribution in [-0.4, -0.2) is 28.2 Å². The lowest BCUT2D eigenvalue weighted by Crippen LogP contribution is -2.35. The van der Waals surface area contributed by atoms with E-state index < -0.39 is 5.97 Å². The summed E-state index contributed by atoms with van der Waals surface area (Å²) in [4.78, 5) is 12.1. The molecule has 24 heavy (non-hydrogen) atoms. The molecule has 7 nitrogen and oxygen atoms in total. The molecule has 2 rings (SSSR count). The second-order valence-electron chi connectivity index (χ2n) is 4.72. The number of nitriles is 1. The van der Waals surface area contributed by atoms with Gasteiger partial charge >= 0.3 is 5.97 Å². The average Bonchev–Trinajstić information content (AvgIpc) is 3.05. The van der Waals surface area contributed by atoms with Gasteiger partial charge in [0.2, 0.25) is 6.33 Å². The van der Waals surface area contributed by atoms with Gasteiger partial charge in [-0.25, -0.2) is 4.79 Å². The topological polar surface area (TPSA) is 94.1 Å². The van der Waals surface area contributed by atoms with Gasteiger partial charge in [-0.1, -0.05) is 30.3 Å². The number of allylic oxidation sites excluding steroid dienone is 2. The van der Waals surface area contributed by atoms with Gasteiger partial charge in [0.05, 0.1) is 12.2 Å². The van der Waals surface area contributed by atoms with Gasteiger partial charge in [-0.05, 0) is 12.5 Å². The van der Waals surface area contributed by atoms with Crippen LogP contribution in [0.5, 0.6) is 0 Å². The van der Waals surface area contributed by atoms with Gasteiger partial charge in [0.25, 0.3) is 6.33 Å². The molecule has 0 spiro atoms. The maximum absolute atomic E-state index is 12.1. The fourth-order valence-corrected chi connectivity index (χ4v) is 1.97. The number of ether oxygens (including phenoxy) is 1. The molecule has 120 valence electrons. The van der Waals surface area contributed by atoms with Crippen molar-refractivity contribution in [3.8, 4) is 6.07 Å². The molecule has 1 aromatic carbocycles.